The highest BCUT2D eigenvalue weighted by Gasteiger charge is 2.11. The van der Waals surface area contributed by atoms with E-state index >= 15 is 0 Å². The molecule has 1 aromatic carbocycles. The summed E-state index contributed by atoms with van der Waals surface area (Å²) in [5, 5.41) is 0. The largest absolute Gasteiger partial charge is 0.368 e. The molecule has 0 aliphatic carbocycles. The summed E-state index contributed by atoms with van der Waals surface area (Å²) >= 11 is 0. The minimum atomic E-state index is -0.198. The molecule has 1 aromatic heterocycles. The van der Waals surface area contributed by atoms with Crippen LogP contribution in [0.5, 0.6) is 0 Å². The van der Waals surface area contributed by atoms with Crippen molar-refractivity contribution in [2.24, 2.45) is 5.73 Å². The standard InChI is InChI=1S/C15H18FN3/c1-19(11-12-5-2-3-10-18-12)15-7-4-6-14(16)13(15)8-9-17/h2-7,10H,8-9,11,17H2,1H3. The van der Waals surface area contributed by atoms with Gasteiger partial charge in [-0.15, -0.1) is 0 Å². The number of anilines is 1. The molecule has 4 heteroatoms. The van der Waals surface area contributed by atoms with Crippen molar-refractivity contribution in [1.29, 1.82) is 0 Å². The molecule has 0 saturated carbocycles. The van der Waals surface area contributed by atoms with Crippen LogP contribution in [-0.4, -0.2) is 18.6 Å². The number of halogens is 1. The van der Waals surface area contributed by atoms with Crippen molar-refractivity contribution in [1.82, 2.24) is 4.98 Å². The predicted molar refractivity (Wildman–Crippen MR) is 75.5 cm³/mol. The molecule has 0 amide bonds. The summed E-state index contributed by atoms with van der Waals surface area (Å²) in [5.74, 6) is -0.198. The lowest BCUT2D eigenvalue weighted by Crippen LogP contribution is -2.20. The van der Waals surface area contributed by atoms with E-state index in [0.717, 1.165) is 11.4 Å². The highest BCUT2D eigenvalue weighted by atomic mass is 19.1. The zero-order chi connectivity index (χ0) is 13.7. The van der Waals surface area contributed by atoms with E-state index in [2.05, 4.69) is 4.98 Å². The molecule has 0 spiro atoms. The molecule has 100 valence electrons. The number of hydrogen-bond donors (Lipinski definition) is 1. The minimum Gasteiger partial charge on any atom is -0.368 e. The average molecular weight is 259 g/mol. The second kappa shape index (κ2) is 6.29. The second-order valence-electron chi connectivity index (χ2n) is 4.45. The first-order valence-corrected chi connectivity index (χ1v) is 6.31. The average Bonchev–Trinajstić information content (AvgIpc) is 2.42. The van der Waals surface area contributed by atoms with Crippen molar-refractivity contribution < 1.29 is 4.39 Å². The van der Waals surface area contributed by atoms with Gasteiger partial charge in [-0.25, -0.2) is 4.39 Å². The maximum absolute atomic E-state index is 13.8. The van der Waals surface area contributed by atoms with Crippen LogP contribution in [0, 0.1) is 5.82 Å². The van der Waals surface area contributed by atoms with E-state index in [4.69, 9.17) is 5.73 Å². The molecular weight excluding hydrogens is 241 g/mol. The van der Waals surface area contributed by atoms with E-state index < -0.39 is 0 Å². The van der Waals surface area contributed by atoms with Gasteiger partial charge in [0.1, 0.15) is 5.82 Å². The summed E-state index contributed by atoms with van der Waals surface area (Å²) < 4.78 is 13.8. The zero-order valence-corrected chi connectivity index (χ0v) is 11.0. The fraction of sp³-hybridized carbons (Fsp3) is 0.267. The molecule has 0 saturated heterocycles. The lowest BCUT2D eigenvalue weighted by atomic mass is 10.1. The fourth-order valence-corrected chi connectivity index (χ4v) is 2.12. The molecule has 19 heavy (non-hydrogen) atoms. The SMILES string of the molecule is CN(Cc1ccccn1)c1cccc(F)c1CCN. The van der Waals surface area contributed by atoms with Crippen molar-refractivity contribution >= 4 is 5.69 Å². The third kappa shape index (κ3) is 3.29. The number of nitrogens with zero attached hydrogens (tertiary/aromatic N) is 2. The number of benzene rings is 1. The number of aromatic nitrogens is 1. The first-order valence-electron chi connectivity index (χ1n) is 6.31. The van der Waals surface area contributed by atoms with Crippen molar-refractivity contribution in [3.8, 4) is 0 Å². The monoisotopic (exact) mass is 259 g/mol. The van der Waals surface area contributed by atoms with Crippen LogP contribution < -0.4 is 10.6 Å². The van der Waals surface area contributed by atoms with Gasteiger partial charge in [-0.2, -0.15) is 0 Å². The molecule has 3 nitrogen and oxygen atoms in total. The quantitative estimate of drug-likeness (QED) is 0.896. The van der Waals surface area contributed by atoms with Gasteiger partial charge in [0.05, 0.1) is 12.2 Å². The third-order valence-corrected chi connectivity index (χ3v) is 3.03. The van der Waals surface area contributed by atoms with E-state index in [1.54, 1.807) is 12.3 Å². The van der Waals surface area contributed by atoms with Gasteiger partial charge in [0.2, 0.25) is 0 Å². The molecule has 0 atom stereocenters. The Balaban J connectivity index is 2.23. The minimum absolute atomic E-state index is 0.198. The summed E-state index contributed by atoms with van der Waals surface area (Å²) in [4.78, 5) is 6.28. The van der Waals surface area contributed by atoms with Gasteiger partial charge in [-0.05, 0) is 37.2 Å². The van der Waals surface area contributed by atoms with Crippen LogP contribution in [0.2, 0.25) is 0 Å². The van der Waals surface area contributed by atoms with Crippen LogP contribution in [0.15, 0.2) is 42.6 Å². The molecule has 0 radical (unpaired) electrons. The Labute approximate surface area is 112 Å². The maximum Gasteiger partial charge on any atom is 0.128 e. The maximum atomic E-state index is 13.8. The van der Waals surface area contributed by atoms with Gasteiger partial charge >= 0.3 is 0 Å². The van der Waals surface area contributed by atoms with Crippen LogP contribution in [0.4, 0.5) is 10.1 Å². The van der Waals surface area contributed by atoms with Gasteiger partial charge in [0, 0.05) is 24.5 Å². The van der Waals surface area contributed by atoms with E-state index in [0.29, 0.717) is 25.1 Å². The molecular formula is C15H18FN3. The van der Waals surface area contributed by atoms with Crippen molar-refractivity contribution in [3.63, 3.8) is 0 Å². The Morgan fingerprint density at radius 1 is 1.21 bits per heavy atom. The summed E-state index contributed by atoms with van der Waals surface area (Å²) in [6.45, 7) is 1.08. The molecule has 0 bridgehead atoms. The van der Waals surface area contributed by atoms with Crippen LogP contribution in [0.25, 0.3) is 0 Å². The number of nitrogens with two attached hydrogens (primary N) is 1. The number of rotatable bonds is 5. The Morgan fingerprint density at radius 3 is 2.74 bits per heavy atom. The first-order chi connectivity index (χ1) is 9.22. The van der Waals surface area contributed by atoms with Crippen LogP contribution >= 0.6 is 0 Å². The fourth-order valence-electron chi connectivity index (χ4n) is 2.12. The van der Waals surface area contributed by atoms with Gasteiger partial charge in [0.15, 0.2) is 0 Å². The topological polar surface area (TPSA) is 42.2 Å². The summed E-state index contributed by atoms with van der Waals surface area (Å²) in [5.41, 5.74) is 8.05. The smallest absolute Gasteiger partial charge is 0.128 e. The van der Waals surface area contributed by atoms with Crippen LogP contribution in [0.3, 0.4) is 0 Å². The van der Waals surface area contributed by atoms with Gasteiger partial charge in [0.25, 0.3) is 0 Å². The molecule has 2 rings (SSSR count). The second-order valence-corrected chi connectivity index (χ2v) is 4.45. The Hall–Kier alpha value is -1.94. The van der Waals surface area contributed by atoms with Crippen molar-refractivity contribution in [2.45, 2.75) is 13.0 Å². The lowest BCUT2D eigenvalue weighted by Gasteiger charge is -2.22. The Bertz CT molecular complexity index is 528. The molecule has 0 aliphatic rings. The summed E-state index contributed by atoms with van der Waals surface area (Å²) in [6.07, 6.45) is 2.30. The summed E-state index contributed by atoms with van der Waals surface area (Å²) in [7, 11) is 1.93. The Kier molecular flexibility index (Phi) is 4.47. The van der Waals surface area contributed by atoms with E-state index in [-0.39, 0.29) is 5.82 Å². The highest BCUT2D eigenvalue weighted by molar-refractivity contribution is 5.54. The van der Waals surface area contributed by atoms with E-state index in [1.165, 1.54) is 6.07 Å². The third-order valence-electron chi connectivity index (χ3n) is 3.03. The zero-order valence-electron chi connectivity index (χ0n) is 11.0. The summed E-state index contributed by atoms with van der Waals surface area (Å²) in [6, 6.07) is 10.9. The molecule has 0 unspecified atom stereocenters. The van der Waals surface area contributed by atoms with Crippen LogP contribution in [0.1, 0.15) is 11.3 Å². The lowest BCUT2D eigenvalue weighted by molar-refractivity contribution is 0.608. The van der Waals surface area contributed by atoms with Gasteiger partial charge < -0.3 is 10.6 Å². The van der Waals surface area contributed by atoms with Gasteiger partial charge in [-0.3, -0.25) is 4.98 Å². The van der Waals surface area contributed by atoms with Crippen LogP contribution in [-0.2, 0) is 13.0 Å². The highest BCUT2D eigenvalue weighted by Crippen LogP contribution is 2.23. The predicted octanol–water partition coefficient (Wildman–Crippen LogP) is 2.36. The first kappa shape index (κ1) is 13.5. The Morgan fingerprint density at radius 2 is 2.05 bits per heavy atom. The molecule has 0 aliphatic heterocycles. The molecule has 0 fully saturated rings. The van der Waals surface area contributed by atoms with Crippen molar-refractivity contribution in [3.05, 3.63) is 59.7 Å². The van der Waals surface area contributed by atoms with E-state index in [9.17, 15) is 4.39 Å². The van der Waals surface area contributed by atoms with Crippen molar-refractivity contribution in [2.75, 3.05) is 18.5 Å². The normalized spacial score (nSPS) is 10.5. The number of pyridine rings is 1. The molecule has 1 heterocycles. The van der Waals surface area contributed by atoms with Gasteiger partial charge in [-0.1, -0.05) is 12.1 Å². The molecule has 2 N–H and O–H groups in total. The molecule has 2 aromatic rings. The number of hydrogen-bond acceptors (Lipinski definition) is 3. The van der Waals surface area contributed by atoms with E-state index in [1.807, 2.05) is 36.2 Å².